The van der Waals surface area contributed by atoms with E-state index >= 15 is 0 Å². The van der Waals surface area contributed by atoms with Gasteiger partial charge in [-0.3, -0.25) is 4.79 Å². The molecule has 2 aromatic carbocycles. The molecule has 2 heterocycles. The minimum absolute atomic E-state index is 0.0429. The second kappa shape index (κ2) is 7.04. The molecule has 0 fully saturated rings. The molecule has 27 heavy (non-hydrogen) atoms. The lowest BCUT2D eigenvalue weighted by Gasteiger charge is -2.06. The van der Waals surface area contributed by atoms with Crippen molar-refractivity contribution in [2.24, 2.45) is 7.05 Å². The molecule has 136 valence electrons. The van der Waals surface area contributed by atoms with Crippen LogP contribution in [0.2, 0.25) is 0 Å². The molecule has 0 aliphatic rings. The number of hydrogen-bond donors (Lipinski definition) is 1. The normalized spacial score (nSPS) is 11.2. The van der Waals surface area contributed by atoms with Gasteiger partial charge in [0, 0.05) is 41.0 Å². The monoisotopic (exact) mass is 376 g/mol. The Hall–Kier alpha value is -2.86. The first-order chi connectivity index (χ1) is 13.0. The summed E-state index contributed by atoms with van der Waals surface area (Å²) in [5.41, 5.74) is 5.12. The van der Waals surface area contributed by atoms with E-state index in [0.717, 1.165) is 38.7 Å². The second-order valence-corrected chi connectivity index (χ2v) is 7.67. The van der Waals surface area contributed by atoms with Gasteiger partial charge in [-0.15, -0.1) is 10.2 Å². The van der Waals surface area contributed by atoms with Crippen LogP contribution in [-0.2, 0) is 12.8 Å². The van der Waals surface area contributed by atoms with Gasteiger partial charge in [-0.05, 0) is 26.0 Å². The molecule has 0 spiro atoms. The molecule has 0 saturated heterocycles. The van der Waals surface area contributed by atoms with Gasteiger partial charge in [-0.25, -0.2) is 0 Å². The lowest BCUT2D eigenvalue weighted by atomic mass is 10.1. The van der Waals surface area contributed by atoms with Crippen molar-refractivity contribution in [2.45, 2.75) is 24.8 Å². The Labute approximate surface area is 161 Å². The number of aryl methyl sites for hydroxylation is 2. The fraction of sp³-hybridized carbons (Fsp3) is 0.190. The summed E-state index contributed by atoms with van der Waals surface area (Å²) in [5.74, 6) is 1.46. The van der Waals surface area contributed by atoms with Crippen molar-refractivity contribution >= 4 is 22.7 Å². The predicted molar refractivity (Wildman–Crippen MR) is 110 cm³/mol. The predicted octanol–water partition coefficient (Wildman–Crippen LogP) is 4.23. The average molecular weight is 376 g/mol. The van der Waals surface area contributed by atoms with Gasteiger partial charge >= 0.3 is 0 Å². The molecule has 4 aromatic rings. The lowest BCUT2D eigenvalue weighted by Crippen LogP contribution is -2.05. The Balaban J connectivity index is 1.57. The van der Waals surface area contributed by atoms with E-state index in [1.807, 2.05) is 36.7 Å². The zero-order valence-electron chi connectivity index (χ0n) is 15.5. The van der Waals surface area contributed by atoms with Gasteiger partial charge in [0.15, 0.2) is 16.4 Å². The van der Waals surface area contributed by atoms with E-state index in [9.17, 15) is 4.79 Å². The third-order valence-corrected chi connectivity index (χ3v) is 5.61. The Morgan fingerprint density at radius 3 is 2.52 bits per heavy atom. The van der Waals surface area contributed by atoms with E-state index in [2.05, 4.69) is 46.4 Å². The van der Waals surface area contributed by atoms with Crippen molar-refractivity contribution in [3.63, 3.8) is 0 Å². The van der Waals surface area contributed by atoms with Crippen molar-refractivity contribution in [1.29, 1.82) is 0 Å². The number of aromatic nitrogens is 4. The Kier molecular flexibility index (Phi) is 4.58. The lowest BCUT2D eigenvalue weighted by molar-refractivity contribution is 0.793. The topological polar surface area (TPSA) is 63.6 Å². The van der Waals surface area contributed by atoms with Crippen LogP contribution in [0.3, 0.4) is 0 Å². The van der Waals surface area contributed by atoms with E-state index in [1.165, 1.54) is 5.56 Å². The number of benzene rings is 2. The molecule has 2 aromatic heterocycles. The van der Waals surface area contributed by atoms with Crippen LogP contribution in [0, 0.1) is 13.8 Å². The van der Waals surface area contributed by atoms with Crippen molar-refractivity contribution in [2.75, 3.05) is 0 Å². The maximum atomic E-state index is 12.4. The highest BCUT2D eigenvalue weighted by atomic mass is 32.2. The number of nitrogens with zero attached hydrogens (tertiary/aromatic N) is 3. The number of hydrogen-bond acceptors (Lipinski definition) is 4. The summed E-state index contributed by atoms with van der Waals surface area (Å²) < 4.78 is 1.98. The third kappa shape index (κ3) is 3.53. The summed E-state index contributed by atoms with van der Waals surface area (Å²) in [6.07, 6.45) is 0. The van der Waals surface area contributed by atoms with Crippen LogP contribution in [0.25, 0.3) is 22.3 Å². The van der Waals surface area contributed by atoms with Crippen LogP contribution in [0.15, 0.2) is 58.5 Å². The van der Waals surface area contributed by atoms with Crippen molar-refractivity contribution in [3.8, 4) is 11.4 Å². The van der Waals surface area contributed by atoms with Crippen LogP contribution in [0.5, 0.6) is 0 Å². The molecule has 0 aliphatic heterocycles. The van der Waals surface area contributed by atoms with E-state index in [0.29, 0.717) is 5.75 Å². The van der Waals surface area contributed by atoms with Crippen LogP contribution in [-0.4, -0.2) is 19.7 Å². The van der Waals surface area contributed by atoms with Gasteiger partial charge in [0.1, 0.15) is 0 Å². The number of thioether (sulfide) groups is 1. The smallest absolute Gasteiger partial charge is 0.191 e. The minimum Gasteiger partial charge on any atom is -0.357 e. The third-order valence-electron chi connectivity index (χ3n) is 4.54. The summed E-state index contributed by atoms with van der Waals surface area (Å²) >= 11 is 1.56. The molecule has 5 nitrogen and oxygen atoms in total. The molecular formula is C21H20N4OS. The van der Waals surface area contributed by atoms with E-state index < -0.39 is 0 Å². The Morgan fingerprint density at radius 1 is 1.00 bits per heavy atom. The SMILES string of the molecule is Cc1ccc(-c2nnc(SCc3cc(=O)c4cc(C)ccc4[nH]3)n2C)cc1. The standard InChI is InChI=1S/C21H20N4OS/c1-13-4-7-15(8-5-13)20-23-24-21(25(20)3)27-12-16-11-19(26)17-10-14(2)6-9-18(17)22-16/h4-11H,12H2,1-3H3,(H,22,26). The summed E-state index contributed by atoms with van der Waals surface area (Å²) in [5, 5.41) is 10.2. The van der Waals surface area contributed by atoms with Gasteiger partial charge in [0.25, 0.3) is 0 Å². The molecule has 1 N–H and O–H groups in total. The van der Waals surface area contributed by atoms with E-state index in [4.69, 9.17) is 0 Å². The minimum atomic E-state index is 0.0429. The fourth-order valence-corrected chi connectivity index (χ4v) is 3.85. The molecule has 0 atom stereocenters. The Morgan fingerprint density at radius 2 is 1.74 bits per heavy atom. The first kappa shape index (κ1) is 17.5. The van der Waals surface area contributed by atoms with Gasteiger partial charge in [0.2, 0.25) is 0 Å². The summed E-state index contributed by atoms with van der Waals surface area (Å²) in [4.78, 5) is 15.7. The van der Waals surface area contributed by atoms with Crippen molar-refractivity contribution in [3.05, 3.63) is 75.6 Å². The average Bonchev–Trinajstić information content (AvgIpc) is 3.02. The maximum Gasteiger partial charge on any atom is 0.191 e. The van der Waals surface area contributed by atoms with Gasteiger partial charge < -0.3 is 9.55 Å². The summed E-state index contributed by atoms with van der Waals surface area (Å²) in [6, 6.07) is 15.8. The maximum absolute atomic E-state index is 12.4. The highest BCUT2D eigenvalue weighted by molar-refractivity contribution is 7.98. The first-order valence-corrected chi connectivity index (χ1v) is 9.71. The molecular weight excluding hydrogens is 356 g/mol. The zero-order valence-corrected chi connectivity index (χ0v) is 16.3. The molecule has 6 heteroatoms. The molecule has 0 unspecified atom stereocenters. The number of H-pyrrole nitrogens is 1. The number of fused-ring (bicyclic) bond motifs is 1. The van der Waals surface area contributed by atoms with Crippen molar-refractivity contribution < 1.29 is 0 Å². The first-order valence-electron chi connectivity index (χ1n) is 8.73. The second-order valence-electron chi connectivity index (χ2n) is 6.73. The van der Waals surface area contributed by atoms with Crippen LogP contribution >= 0.6 is 11.8 Å². The fourth-order valence-electron chi connectivity index (χ4n) is 3.03. The van der Waals surface area contributed by atoms with Crippen LogP contribution in [0.1, 0.15) is 16.8 Å². The quantitative estimate of drug-likeness (QED) is 0.541. The molecule has 0 bridgehead atoms. The molecule has 0 amide bonds. The molecule has 0 aliphatic carbocycles. The highest BCUT2D eigenvalue weighted by Crippen LogP contribution is 2.25. The molecule has 0 radical (unpaired) electrons. The zero-order chi connectivity index (χ0) is 19.0. The molecule has 4 rings (SSSR count). The Bertz CT molecular complexity index is 1180. The van der Waals surface area contributed by atoms with Gasteiger partial charge in [-0.2, -0.15) is 0 Å². The van der Waals surface area contributed by atoms with E-state index in [1.54, 1.807) is 17.8 Å². The number of pyridine rings is 1. The highest BCUT2D eigenvalue weighted by Gasteiger charge is 2.12. The number of rotatable bonds is 4. The van der Waals surface area contributed by atoms with Crippen LogP contribution in [0.4, 0.5) is 0 Å². The van der Waals surface area contributed by atoms with E-state index in [-0.39, 0.29) is 5.43 Å². The number of aromatic amines is 1. The summed E-state index contributed by atoms with van der Waals surface area (Å²) in [7, 11) is 1.96. The van der Waals surface area contributed by atoms with Gasteiger partial charge in [0.05, 0.1) is 0 Å². The largest absolute Gasteiger partial charge is 0.357 e. The van der Waals surface area contributed by atoms with Crippen LogP contribution < -0.4 is 5.43 Å². The molecule has 0 saturated carbocycles. The summed E-state index contributed by atoms with van der Waals surface area (Å²) in [6.45, 7) is 4.05. The number of nitrogens with one attached hydrogen (secondary N) is 1. The van der Waals surface area contributed by atoms with Gasteiger partial charge in [-0.1, -0.05) is 53.2 Å². The van der Waals surface area contributed by atoms with Crippen molar-refractivity contribution in [1.82, 2.24) is 19.7 Å².